The summed E-state index contributed by atoms with van der Waals surface area (Å²) in [4.78, 5) is 36.2. The number of aryl methyl sites for hydroxylation is 2. The first kappa shape index (κ1) is 15.2. The Balaban J connectivity index is 2.96. The van der Waals surface area contributed by atoms with Crippen LogP contribution >= 0.6 is 11.3 Å². The lowest BCUT2D eigenvalue weighted by atomic mass is 10.2. The predicted octanol–water partition coefficient (Wildman–Crippen LogP) is 0.631. The van der Waals surface area contributed by atoms with Crippen molar-refractivity contribution in [1.29, 1.82) is 0 Å². The zero-order valence-electron chi connectivity index (χ0n) is 10.8. The van der Waals surface area contributed by atoms with Crippen molar-refractivity contribution in [2.75, 3.05) is 13.1 Å². The Morgan fingerprint density at radius 1 is 1.37 bits per heavy atom. The lowest BCUT2D eigenvalue weighted by Crippen LogP contribution is -2.41. The molecule has 6 nitrogen and oxygen atoms in total. The molecular formula is C12H16N2O4S. The van der Waals surface area contributed by atoms with Gasteiger partial charge >= 0.3 is 5.97 Å². The van der Waals surface area contributed by atoms with Crippen molar-refractivity contribution in [1.82, 2.24) is 4.90 Å². The molecule has 0 spiro atoms. The molecule has 104 valence electrons. The largest absolute Gasteiger partial charge is 0.480 e. The van der Waals surface area contributed by atoms with Crippen LogP contribution < -0.4 is 5.73 Å². The minimum Gasteiger partial charge on any atom is -0.480 e. The van der Waals surface area contributed by atoms with E-state index in [4.69, 9.17) is 10.8 Å². The minimum absolute atomic E-state index is 0.399. The number of carboxylic acid groups (broad SMARTS) is 1. The molecule has 0 unspecified atom stereocenters. The first-order chi connectivity index (χ1) is 8.85. The van der Waals surface area contributed by atoms with Gasteiger partial charge < -0.3 is 15.7 Å². The van der Waals surface area contributed by atoms with Crippen LogP contribution in [-0.2, 0) is 16.0 Å². The molecule has 0 bridgehead atoms. The summed E-state index contributed by atoms with van der Waals surface area (Å²) >= 11 is 1.29. The normalized spacial score (nSPS) is 10.2. The summed E-state index contributed by atoms with van der Waals surface area (Å²) in [5.41, 5.74) is 6.07. The maximum atomic E-state index is 12.2. The summed E-state index contributed by atoms with van der Waals surface area (Å²) in [6.45, 7) is 2.93. The monoisotopic (exact) mass is 284 g/mol. The van der Waals surface area contributed by atoms with Crippen LogP contribution in [0.3, 0.4) is 0 Å². The number of rotatable bonds is 6. The molecular weight excluding hydrogens is 268 g/mol. The van der Waals surface area contributed by atoms with E-state index in [1.807, 2.05) is 13.8 Å². The Bertz CT molecular complexity index is 494. The van der Waals surface area contributed by atoms with E-state index in [1.54, 1.807) is 6.07 Å². The van der Waals surface area contributed by atoms with Gasteiger partial charge in [0.15, 0.2) is 0 Å². The van der Waals surface area contributed by atoms with Crippen LogP contribution in [0.1, 0.15) is 27.0 Å². The smallest absolute Gasteiger partial charge is 0.323 e. The van der Waals surface area contributed by atoms with Crippen molar-refractivity contribution < 1.29 is 19.5 Å². The van der Waals surface area contributed by atoms with Crippen molar-refractivity contribution in [2.24, 2.45) is 5.73 Å². The van der Waals surface area contributed by atoms with Crippen LogP contribution in [0.5, 0.6) is 0 Å². The molecule has 0 aliphatic rings. The summed E-state index contributed by atoms with van der Waals surface area (Å²) in [6, 6.07) is 1.73. The summed E-state index contributed by atoms with van der Waals surface area (Å²) in [6.07, 6.45) is 0.796. The van der Waals surface area contributed by atoms with Crippen LogP contribution in [0.4, 0.5) is 0 Å². The van der Waals surface area contributed by atoms with Crippen molar-refractivity contribution in [3.63, 3.8) is 0 Å². The van der Waals surface area contributed by atoms with E-state index in [-0.39, 0.29) is 0 Å². The standard InChI is InChI=1S/C12H16N2O4S/c1-3-8-4-9(19-7(8)2)12(18)14(5-10(13)15)6-11(16)17/h4H,3,5-6H2,1-2H3,(H2,13,15)(H,16,17). The third kappa shape index (κ3) is 4.06. The SMILES string of the molecule is CCc1cc(C(=O)N(CC(N)=O)CC(=O)O)sc1C. The highest BCUT2D eigenvalue weighted by Crippen LogP contribution is 2.23. The van der Waals surface area contributed by atoms with Gasteiger partial charge in [-0.1, -0.05) is 6.92 Å². The fourth-order valence-corrected chi connectivity index (χ4v) is 2.76. The third-order valence-electron chi connectivity index (χ3n) is 2.57. The molecule has 0 fully saturated rings. The summed E-state index contributed by atoms with van der Waals surface area (Å²) in [7, 11) is 0. The molecule has 1 rings (SSSR count). The van der Waals surface area contributed by atoms with E-state index in [9.17, 15) is 14.4 Å². The van der Waals surface area contributed by atoms with Gasteiger partial charge in [0.05, 0.1) is 4.88 Å². The lowest BCUT2D eigenvalue weighted by Gasteiger charge is -2.17. The van der Waals surface area contributed by atoms with Crippen LogP contribution in [0, 0.1) is 6.92 Å². The van der Waals surface area contributed by atoms with Crippen molar-refractivity contribution >= 4 is 29.1 Å². The lowest BCUT2D eigenvalue weighted by molar-refractivity contribution is -0.138. The Labute approximate surface area is 114 Å². The molecule has 1 aromatic rings. The van der Waals surface area contributed by atoms with Crippen LogP contribution in [-0.4, -0.2) is 40.9 Å². The third-order valence-corrected chi connectivity index (χ3v) is 3.65. The molecule has 0 saturated carbocycles. The molecule has 0 aliphatic carbocycles. The number of carbonyl (C=O) groups excluding carboxylic acids is 2. The quantitative estimate of drug-likeness (QED) is 0.800. The van der Waals surface area contributed by atoms with Crippen LogP contribution in [0.15, 0.2) is 6.07 Å². The number of thiophene rings is 1. The fourth-order valence-electron chi connectivity index (χ4n) is 1.68. The van der Waals surface area contributed by atoms with E-state index >= 15 is 0 Å². The molecule has 1 aromatic heterocycles. The van der Waals surface area contributed by atoms with E-state index in [0.717, 1.165) is 21.8 Å². The van der Waals surface area contributed by atoms with Gasteiger partial charge in [-0.15, -0.1) is 11.3 Å². The van der Waals surface area contributed by atoms with Gasteiger partial charge in [0.25, 0.3) is 5.91 Å². The Hall–Kier alpha value is -1.89. The first-order valence-corrected chi connectivity index (χ1v) is 6.55. The molecule has 1 heterocycles. The van der Waals surface area contributed by atoms with Gasteiger partial charge in [0, 0.05) is 4.88 Å². The summed E-state index contributed by atoms with van der Waals surface area (Å²) < 4.78 is 0. The zero-order chi connectivity index (χ0) is 14.6. The van der Waals surface area contributed by atoms with Gasteiger partial charge in [-0.25, -0.2) is 0 Å². The molecule has 2 amide bonds. The number of primary amides is 1. The topological polar surface area (TPSA) is 101 Å². The second-order valence-electron chi connectivity index (χ2n) is 4.07. The van der Waals surface area contributed by atoms with Gasteiger partial charge in [0.2, 0.25) is 5.91 Å². The fraction of sp³-hybridized carbons (Fsp3) is 0.417. The highest BCUT2D eigenvalue weighted by molar-refractivity contribution is 7.14. The second kappa shape index (κ2) is 6.33. The van der Waals surface area contributed by atoms with E-state index < -0.39 is 30.9 Å². The average Bonchev–Trinajstić information content (AvgIpc) is 2.67. The molecule has 3 N–H and O–H groups in total. The molecule has 0 radical (unpaired) electrons. The van der Waals surface area contributed by atoms with Gasteiger partial charge in [-0.2, -0.15) is 0 Å². The minimum atomic E-state index is -1.18. The molecule has 0 aromatic carbocycles. The van der Waals surface area contributed by atoms with Gasteiger partial charge in [-0.3, -0.25) is 14.4 Å². The molecule has 19 heavy (non-hydrogen) atoms. The maximum absolute atomic E-state index is 12.2. The Kier molecular flexibility index (Phi) is 5.05. The Morgan fingerprint density at radius 2 is 2.00 bits per heavy atom. The number of hydrogen-bond acceptors (Lipinski definition) is 4. The molecule has 7 heteroatoms. The molecule has 0 atom stereocenters. The predicted molar refractivity (Wildman–Crippen MR) is 71.2 cm³/mol. The number of hydrogen-bond donors (Lipinski definition) is 2. The number of aliphatic carboxylic acids is 1. The van der Waals surface area contributed by atoms with E-state index in [1.165, 1.54) is 11.3 Å². The highest BCUT2D eigenvalue weighted by atomic mass is 32.1. The van der Waals surface area contributed by atoms with Gasteiger partial charge in [0.1, 0.15) is 13.1 Å². The molecule has 0 aliphatic heterocycles. The number of amides is 2. The first-order valence-electron chi connectivity index (χ1n) is 5.73. The molecule has 0 saturated heterocycles. The number of nitrogens with zero attached hydrogens (tertiary/aromatic N) is 1. The van der Waals surface area contributed by atoms with Crippen molar-refractivity contribution in [2.45, 2.75) is 20.3 Å². The average molecular weight is 284 g/mol. The Morgan fingerprint density at radius 3 is 2.42 bits per heavy atom. The van der Waals surface area contributed by atoms with Crippen LogP contribution in [0.25, 0.3) is 0 Å². The summed E-state index contributed by atoms with van der Waals surface area (Å²) in [5.74, 6) is -2.40. The van der Waals surface area contributed by atoms with E-state index in [0.29, 0.717) is 4.88 Å². The van der Waals surface area contributed by atoms with Crippen LogP contribution in [0.2, 0.25) is 0 Å². The zero-order valence-corrected chi connectivity index (χ0v) is 11.6. The maximum Gasteiger partial charge on any atom is 0.323 e. The number of nitrogens with two attached hydrogens (primary N) is 1. The number of carbonyl (C=O) groups is 3. The second-order valence-corrected chi connectivity index (χ2v) is 5.32. The van der Waals surface area contributed by atoms with E-state index in [2.05, 4.69) is 0 Å². The number of carboxylic acids is 1. The highest BCUT2D eigenvalue weighted by Gasteiger charge is 2.22. The van der Waals surface area contributed by atoms with Crippen molar-refractivity contribution in [3.05, 3.63) is 21.4 Å². The van der Waals surface area contributed by atoms with Crippen molar-refractivity contribution in [3.8, 4) is 0 Å². The summed E-state index contributed by atoms with van der Waals surface area (Å²) in [5, 5.41) is 8.76. The van der Waals surface area contributed by atoms with Gasteiger partial charge in [-0.05, 0) is 25.0 Å².